The molecule has 0 atom stereocenters. The summed E-state index contributed by atoms with van der Waals surface area (Å²) in [5, 5.41) is 11.8. The van der Waals surface area contributed by atoms with Crippen molar-refractivity contribution in [3.8, 4) is 0 Å². The van der Waals surface area contributed by atoms with Crippen molar-refractivity contribution in [2.24, 2.45) is 0 Å². The zero-order valence-electron chi connectivity index (χ0n) is 15.0. The van der Waals surface area contributed by atoms with Crippen LogP contribution in [-0.2, 0) is 0 Å². The zero-order valence-corrected chi connectivity index (χ0v) is 21.2. The van der Waals surface area contributed by atoms with E-state index in [9.17, 15) is 5.02 Å². The van der Waals surface area contributed by atoms with Gasteiger partial charge in [-0.3, -0.25) is 0 Å². The van der Waals surface area contributed by atoms with Gasteiger partial charge in [-0.05, 0) is 20.8 Å². The first-order valence-corrected chi connectivity index (χ1v) is 8.09. The van der Waals surface area contributed by atoms with Crippen molar-refractivity contribution in [2.45, 2.75) is 20.8 Å². The normalized spacial score (nSPS) is 11.0. The van der Waals surface area contributed by atoms with E-state index < -0.39 is 6.35 Å². The molecule has 3 aromatic rings. The summed E-state index contributed by atoms with van der Waals surface area (Å²) in [7, 11) is 0. The van der Waals surface area contributed by atoms with Crippen LogP contribution in [0.2, 0.25) is 0 Å². The van der Waals surface area contributed by atoms with Crippen LogP contribution in [0.3, 0.4) is 0 Å². The van der Waals surface area contributed by atoms with Crippen molar-refractivity contribution >= 4 is 22.7 Å². The van der Waals surface area contributed by atoms with Gasteiger partial charge in [0.25, 0.3) is 0 Å². The van der Waals surface area contributed by atoms with Gasteiger partial charge in [0, 0.05) is 0 Å². The van der Waals surface area contributed by atoms with Crippen molar-refractivity contribution < 1.29 is 73.9 Å². The fourth-order valence-electron chi connectivity index (χ4n) is 3.11. The third-order valence-electron chi connectivity index (χ3n) is 4.68. The average molecular weight is 434 g/mol. The van der Waals surface area contributed by atoms with Crippen LogP contribution in [0.5, 0.6) is 0 Å². The Hall–Kier alpha value is -0.263. The first-order valence-electron chi connectivity index (χ1n) is 8.09. The molecule has 24 heavy (non-hydrogen) atoms. The second-order valence-corrected chi connectivity index (χ2v) is 6.55. The largest absolute Gasteiger partial charge is 1.00 e. The van der Waals surface area contributed by atoms with Crippen LogP contribution in [-0.4, -0.2) is 11.4 Å². The van der Waals surface area contributed by atoms with Crippen LogP contribution >= 0.6 is 0 Å². The van der Waals surface area contributed by atoms with Crippen LogP contribution in [0, 0.1) is 20.8 Å². The molecule has 0 aliphatic heterocycles. The Bertz CT molecular complexity index is 682. The summed E-state index contributed by atoms with van der Waals surface area (Å²) in [5.41, 5.74) is 6.43. The van der Waals surface area contributed by atoms with E-state index in [0.717, 1.165) is 16.4 Å². The molecule has 3 aromatic carbocycles. The van der Waals surface area contributed by atoms with Gasteiger partial charge >= 0.3 is 68.9 Å². The van der Waals surface area contributed by atoms with E-state index in [-0.39, 0.29) is 68.9 Å². The minimum atomic E-state index is -1.96. The van der Waals surface area contributed by atoms with Crippen LogP contribution in [0.1, 0.15) is 16.7 Å². The van der Waals surface area contributed by atoms with Crippen LogP contribution in [0.25, 0.3) is 0 Å². The Morgan fingerprint density at radius 1 is 0.500 bits per heavy atom. The first-order chi connectivity index (χ1) is 11.0. The van der Waals surface area contributed by atoms with E-state index in [2.05, 4.69) is 57.2 Å². The van der Waals surface area contributed by atoms with Gasteiger partial charge in [0.05, 0.1) is 0 Å². The average Bonchev–Trinajstić information content (AvgIpc) is 2.56. The molecule has 0 aromatic heterocycles. The zero-order chi connectivity index (χ0) is 16.4. The van der Waals surface area contributed by atoms with E-state index in [4.69, 9.17) is 0 Å². The fourth-order valence-corrected chi connectivity index (χ4v) is 3.11. The van der Waals surface area contributed by atoms with Crippen molar-refractivity contribution in [1.82, 2.24) is 0 Å². The Labute approximate surface area is 203 Å². The minimum Gasteiger partial charge on any atom is -0.594 e. The summed E-state index contributed by atoms with van der Waals surface area (Å²) >= 11 is 0. The molecule has 0 amide bonds. The molecule has 1 nitrogen and oxygen atoms in total. The number of benzene rings is 3. The molecule has 0 saturated heterocycles. The van der Waals surface area contributed by atoms with E-state index in [1.165, 1.54) is 16.7 Å². The summed E-state index contributed by atoms with van der Waals surface area (Å²) in [4.78, 5) is 0. The number of rotatable bonds is 3. The molecule has 0 spiro atoms. The van der Waals surface area contributed by atoms with Gasteiger partial charge in [0.15, 0.2) is 6.35 Å². The predicted octanol–water partition coefficient (Wildman–Crippen LogP) is -0.425. The van der Waals surface area contributed by atoms with Gasteiger partial charge in [-0.2, -0.15) is 16.4 Å². The third kappa shape index (κ3) is 4.10. The van der Waals surface area contributed by atoms with Crippen LogP contribution in [0.15, 0.2) is 72.8 Å². The second-order valence-electron chi connectivity index (χ2n) is 6.55. The Morgan fingerprint density at radius 2 is 0.708 bits per heavy atom. The van der Waals surface area contributed by atoms with E-state index in [0.29, 0.717) is 0 Å². The van der Waals surface area contributed by atoms with Crippen molar-refractivity contribution in [1.29, 1.82) is 0 Å². The second kappa shape index (κ2) is 8.41. The third-order valence-corrected chi connectivity index (χ3v) is 4.68. The van der Waals surface area contributed by atoms with Gasteiger partial charge in [0.2, 0.25) is 0 Å². The molecule has 0 fully saturated rings. The maximum absolute atomic E-state index is 11.8. The molecule has 0 saturated carbocycles. The fraction of sp³-hybridized carbons (Fsp3) is 0.143. The minimum absolute atomic E-state index is 0. The van der Waals surface area contributed by atoms with Gasteiger partial charge in [-0.15, -0.1) is 0 Å². The van der Waals surface area contributed by atoms with Crippen molar-refractivity contribution in [3.63, 3.8) is 0 Å². The van der Waals surface area contributed by atoms with Crippen molar-refractivity contribution in [3.05, 3.63) is 89.5 Å². The van der Waals surface area contributed by atoms with Gasteiger partial charge in [-0.25, -0.2) is 0 Å². The first kappa shape index (κ1) is 20.1. The van der Waals surface area contributed by atoms with Gasteiger partial charge < -0.3 is 5.02 Å². The molecule has 0 unspecified atom stereocenters. The Morgan fingerprint density at radius 3 is 0.917 bits per heavy atom. The Balaban J connectivity index is 0.00000208. The molecular formula is C21H22BCsO. The van der Waals surface area contributed by atoms with E-state index in [1.54, 1.807) is 0 Å². The standard InChI is InChI=1S/C21H22BO.Cs/c1-16-4-10-19(11-5-16)22(23,20-12-6-17(2)7-13-20)21-14-8-18(3)9-15-21;/h4-15,23H,1-3H3;/q-1;+1. The number of aryl methyl sites for hydroxylation is 3. The van der Waals surface area contributed by atoms with Crippen LogP contribution < -0.4 is 85.3 Å². The van der Waals surface area contributed by atoms with Crippen molar-refractivity contribution in [2.75, 3.05) is 0 Å². The maximum atomic E-state index is 11.8. The molecule has 0 heterocycles. The number of hydrogen-bond acceptors (Lipinski definition) is 1. The van der Waals surface area contributed by atoms with Gasteiger partial charge in [0.1, 0.15) is 0 Å². The molecule has 3 heteroatoms. The molecule has 0 aliphatic carbocycles. The molecular weight excluding hydrogens is 412 g/mol. The van der Waals surface area contributed by atoms with E-state index >= 15 is 0 Å². The molecule has 0 radical (unpaired) electrons. The summed E-state index contributed by atoms with van der Waals surface area (Å²) in [6.45, 7) is 6.19. The number of hydrogen-bond donors (Lipinski definition) is 1. The summed E-state index contributed by atoms with van der Waals surface area (Å²) in [6, 6.07) is 24.6. The van der Waals surface area contributed by atoms with Crippen LogP contribution in [0.4, 0.5) is 0 Å². The summed E-state index contributed by atoms with van der Waals surface area (Å²) in [5.74, 6) is 0. The topological polar surface area (TPSA) is 20.2 Å². The molecule has 3 rings (SSSR count). The monoisotopic (exact) mass is 434 g/mol. The smallest absolute Gasteiger partial charge is 0.594 e. The van der Waals surface area contributed by atoms with E-state index in [1.807, 2.05) is 36.4 Å². The van der Waals surface area contributed by atoms with Gasteiger partial charge in [-0.1, -0.05) is 89.5 Å². The summed E-state index contributed by atoms with van der Waals surface area (Å²) in [6.07, 6.45) is -1.96. The SMILES string of the molecule is Cc1ccc([B-](O)(c2ccc(C)cc2)c2ccc(C)cc2)cc1.[Cs+]. The summed E-state index contributed by atoms with van der Waals surface area (Å²) < 4.78 is 0. The maximum Gasteiger partial charge on any atom is 1.00 e. The predicted molar refractivity (Wildman–Crippen MR) is 100 cm³/mol. The molecule has 1 N–H and O–H groups in total. The quantitative estimate of drug-likeness (QED) is 0.556. The molecule has 0 bridgehead atoms. The molecule has 116 valence electrons. The Kier molecular flexibility index (Phi) is 7.03. The molecule has 0 aliphatic rings.